The number of ether oxygens (including phenoxy) is 1. The normalized spacial score (nSPS) is 9.73. The minimum absolute atomic E-state index is 0.254. The molecule has 15 heavy (non-hydrogen) atoms. The van der Waals surface area contributed by atoms with Gasteiger partial charge < -0.3 is 10.5 Å². The van der Waals surface area contributed by atoms with Gasteiger partial charge >= 0.3 is 5.97 Å². The van der Waals surface area contributed by atoms with Gasteiger partial charge in [0.15, 0.2) is 5.82 Å². The highest BCUT2D eigenvalue weighted by Gasteiger charge is 2.20. The van der Waals surface area contributed by atoms with Gasteiger partial charge in [0.25, 0.3) is 5.69 Å². The van der Waals surface area contributed by atoms with Gasteiger partial charge in [0.2, 0.25) is 0 Å². The van der Waals surface area contributed by atoms with Crippen molar-refractivity contribution in [1.82, 2.24) is 0 Å². The lowest BCUT2D eigenvalue weighted by molar-refractivity contribution is -0.384. The van der Waals surface area contributed by atoms with Crippen LogP contribution in [0.3, 0.4) is 0 Å². The van der Waals surface area contributed by atoms with E-state index in [0.29, 0.717) is 0 Å². The highest BCUT2D eigenvalue weighted by molar-refractivity contribution is 5.91. The number of nitro groups is 1. The maximum atomic E-state index is 13.1. The van der Waals surface area contributed by atoms with E-state index in [-0.39, 0.29) is 5.56 Å². The smallest absolute Gasteiger partial charge is 0.338 e. The molecule has 0 fully saturated rings. The molecule has 0 heterocycles. The van der Waals surface area contributed by atoms with Gasteiger partial charge in [-0.3, -0.25) is 10.1 Å². The number of hydrogen-bond acceptors (Lipinski definition) is 5. The van der Waals surface area contributed by atoms with Gasteiger partial charge in [-0.2, -0.15) is 0 Å². The van der Waals surface area contributed by atoms with Crippen LogP contribution >= 0.6 is 0 Å². The van der Waals surface area contributed by atoms with Gasteiger partial charge in [-0.05, 0) is 6.07 Å². The Morgan fingerprint density at radius 2 is 2.20 bits per heavy atom. The molecule has 0 saturated heterocycles. The number of benzene rings is 1. The number of hydrogen-bond donors (Lipinski definition) is 1. The molecule has 2 N–H and O–H groups in total. The molecule has 1 aromatic carbocycles. The second-order valence-electron chi connectivity index (χ2n) is 2.64. The maximum absolute atomic E-state index is 13.1. The number of nitrogens with two attached hydrogens (primary N) is 1. The molecule has 0 aromatic heterocycles. The Hall–Kier alpha value is -2.18. The molecule has 1 aromatic rings. The van der Waals surface area contributed by atoms with Crippen molar-refractivity contribution in [1.29, 1.82) is 0 Å². The summed E-state index contributed by atoms with van der Waals surface area (Å²) in [5.74, 6) is -1.89. The SMILES string of the molecule is COC(=O)c1cc(F)c(N)c([N+](=O)[O-])c1. The van der Waals surface area contributed by atoms with Crippen LogP contribution in [0.15, 0.2) is 12.1 Å². The minimum Gasteiger partial charge on any atom is -0.465 e. The van der Waals surface area contributed by atoms with Crippen LogP contribution in [-0.2, 0) is 4.74 Å². The Bertz CT molecular complexity index is 433. The standard InChI is InChI=1S/C8H7FN2O4/c1-15-8(12)4-2-5(9)7(10)6(3-4)11(13)14/h2-3H,10H2,1H3. The van der Waals surface area contributed by atoms with Crippen molar-refractivity contribution in [2.45, 2.75) is 0 Å². The molecule has 1 rings (SSSR count). The quantitative estimate of drug-likeness (QED) is 0.344. The first kappa shape index (κ1) is 10.9. The highest BCUT2D eigenvalue weighted by atomic mass is 19.1. The van der Waals surface area contributed by atoms with E-state index in [9.17, 15) is 19.3 Å². The monoisotopic (exact) mass is 214 g/mol. The zero-order chi connectivity index (χ0) is 11.6. The van der Waals surface area contributed by atoms with Gasteiger partial charge in [0.1, 0.15) is 5.69 Å². The van der Waals surface area contributed by atoms with E-state index >= 15 is 0 Å². The van der Waals surface area contributed by atoms with E-state index in [0.717, 1.165) is 19.2 Å². The maximum Gasteiger partial charge on any atom is 0.338 e. The van der Waals surface area contributed by atoms with E-state index in [1.165, 1.54) is 0 Å². The number of carbonyl (C=O) groups excluding carboxylic acids is 1. The van der Waals surface area contributed by atoms with Gasteiger partial charge in [0.05, 0.1) is 17.6 Å². The van der Waals surface area contributed by atoms with Crippen LogP contribution in [0.25, 0.3) is 0 Å². The number of rotatable bonds is 2. The second-order valence-corrected chi connectivity index (χ2v) is 2.64. The molecule has 0 aliphatic rings. The molecule has 7 heteroatoms. The Balaban J connectivity index is 3.35. The van der Waals surface area contributed by atoms with Crippen LogP contribution in [0, 0.1) is 15.9 Å². The van der Waals surface area contributed by atoms with Gasteiger partial charge in [-0.15, -0.1) is 0 Å². The predicted molar refractivity (Wildman–Crippen MR) is 48.8 cm³/mol. The average molecular weight is 214 g/mol. The molecule has 0 saturated carbocycles. The number of carbonyl (C=O) groups is 1. The molecule has 0 bridgehead atoms. The molecule has 0 aliphatic carbocycles. The van der Waals surface area contributed by atoms with Crippen LogP contribution in [0.5, 0.6) is 0 Å². The molecular weight excluding hydrogens is 207 g/mol. The molecule has 0 aliphatic heterocycles. The molecule has 0 spiro atoms. The van der Waals surface area contributed by atoms with Crippen molar-refractivity contribution in [3.63, 3.8) is 0 Å². The van der Waals surface area contributed by atoms with Crippen molar-refractivity contribution < 1.29 is 18.8 Å². The van der Waals surface area contributed by atoms with E-state index in [2.05, 4.69) is 4.74 Å². The summed E-state index contributed by atoms with van der Waals surface area (Å²) in [4.78, 5) is 20.6. The van der Waals surface area contributed by atoms with Gasteiger partial charge in [0, 0.05) is 6.07 Å². The molecule has 0 unspecified atom stereocenters. The summed E-state index contributed by atoms with van der Waals surface area (Å²) in [6.45, 7) is 0. The first-order valence-electron chi connectivity index (χ1n) is 3.79. The van der Waals surface area contributed by atoms with E-state index in [4.69, 9.17) is 5.73 Å². The summed E-state index contributed by atoms with van der Waals surface area (Å²) in [5.41, 5.74) is 3.61. The molecule has 80 valence electrons. The molecule has 0 radical (unpaired) electrons. The number of halogens is 1. The van der Waals surface area contributed by atoms with Crippen LogP contribution in [-0.4, -0.2) is 18.0 Å². The Kier molecular flexibility index (Phi) is 2.84. The number of methoxy groups -OCH3 is 1. The zero-order valence-electron chi connectivity index (χ0n) is 7.69. The number of anilines is 1. The van der Waals surface area contributed by atoms with E-state index in [1.807, 2.05) is 0 Å². The fraction of sp³-hybridized carbons (Fsp3) is 0.125. The largest absolute Gasteiger partial charge is 0.465 e. The van der Waals surface area contributed by atoms with Crippen molar-refractivity contribution in [2.75, 3.05) is 12.8 Å². The second kappa shape index (κ2) is 3.91. The number of nitrogen functional groups attached to an aromatic ring is 1. The lowest BCUT2D eigenvalue weighted by Gasteiger charge is -2.02. The summed E-state index contributed by atoms with van der Waals surface area (Å²) < 4.78 is 17.4. The summed E-state index contributed by atoms with van der Waals surface area (Å²) in [5, 5.41) is 10.4. The zero-order valence-corrected chi connectivity index (χ0v) is 7.69. The third-order valence-electron chi connectivity index (χ3n) is 1.73. The third kappa shape index (κ3) is 2.01. The van der Waals surface area contributed by atoms with Gasteiger partial charge in [-0.1, -0.05) is 0 Å². The van der Waals surface area contributed by atoms with Crippen molar-refractivity contribution >= 4 is 17.3 Å². The van der Waals surface area contributed by atoms with Crippen molar-refractivity contribution in [3.05, 3.63) is 33.6 Å². The Morgan fingerprint density at radius 1 is 1.60 bits per heavy atom. The van der Waals surface area contributed by atoms with Crippen LogP contribution < -0.4 is 5.73 Å². The summed E-state index contributed by atoms with van der Waals surface area (Å²) in [6, 6.07) is 1.65. The third-order valence-corrected chi connectivity index (χ3v) is 1.73. The van der Waals surface area contributed by atoms with Crippen LogP contribution in [0.1, 0.15) is 10.4 Å². The van der Waals surface area contributed by atoms with Gasteiger partial charge in [-0.25, -0.2) is 9.18 Å². The van der Waals surface area contributed by atoms with Crippen molar-refractivity contribution in [2.24, 2.45) is 0 Å². The van der Waals surface area contributed by atoms with Crippen LogP contribution in [0.2, 0.25) is 0 Å². The fourth-order valence-corrected chi connectivity index (χ4v) is 0.990. The number of nitrogens with zero attached hydrogens (tertiary/aromatic N) is 1. The Labute approximate surface area is 83.6 Å². The summed E-state index contributed by atoms with van der Waals surface area (Å²) >= 11 is 0. The lowest BCUT2D eigenvalue weighted by Crippen LogP contribution is -2.06. The summed E-state index contributed by atoms with van der Waals surface area (Å²) in [6.07, 6.45) is 0. The van der Waals surface area contributed by atoms with E-state index < -0.39 is 28.1 Å². The van der Waals surface area contributed by atoms with Crippen LogP contribution in [0.4, 0.5) is 15.8 Å². The molecular formula is C8H7FN2O4. The summed E-state index contributed by atoms with van der Waals surface area (Å²) in [7, 11) is 1.09. The average Bonchev–Trinajstić information content (AvgIpc) is 2.20. The Morgan fingerprint density at radius 3 is 2.67 bits per heavy atom. The lowest BCUT2D eigenvalue weighted by atomic mass is 10.1. The fourth-order valence-electron chi connectivity index (χ4n) is 0.990. The van der Waals surface area contributed by atoms with Crippen molar-refractivity contribution in [3.8, 4) is 0 Å². The predicted octanol–water partition coefficient (Wildman–Crippen LogP) is 1.10. The topological polar surface area (TPSA) is 95.5 Å². The molecule has 0 atom stereocenters. The minimum atomic E-state index is -1.02. The number of nitro benzene ring substituents is 1. The highest BCUT2D eigenvalue weighted by Crippen LogP contribution is 2.26. The first-order valence-corrected chi connectivity index (χ1v) is 3.79. The van der Waals surface area contributed by atoms with E-state index in [1.54, 1.807) is 0 Å². The number of esters is 1. The first-order chi connectivity index (χ1) is 6.97. The molecule has 0 amide bonds. The molecule has 6 nitrogen and oxygen atoms in total.